The predicted octanol–water partition coefficient (Wildman–Crippen LogP) is 14.8. The molecule has 7 N–H and O–H groups in total. The average molecular weight is 1580 g/mol. The number of carboxylic acids is 1. The number of hydrogen-bond donors (Lipinski definition) is 6. The second-order valence-electron chi connectivity index (χ2n) is 29.9. The van der Waals surface area contributed by atoms with Crippen LogP contribution in [0.4, 0.5) is 4.79 Å². The van der Waals surface area contributed by atoms with Crippen LogP contribution >= 0.6 is 45.2 Å². The van der Waals surface area contributed by atoms with Crippen molar-refractivity contribution in [2.24, 2.45) is 17.6 Å². The van der Waals surface area contributed by atoms with Gasteiger partial charge in [-0.1, -0.05) is 127 Å². The van der Waals surface area contributed by atoms with Gasteiger partial charge in [-0.05, 0) is 280 Å². The fraction of sp³-hybridized carbons (Fsp3) is 0.475. The molecule has 1 radical (unpaired) electrons. The maximum atomic E-state index is 13.5. The number of carbonyl (C=O) groups is 6. The predicted molar refractivity (Wildman–Crippen MR) is 408 cm³/mol. The monoisotopic (exact) mass is 1580 g/mol. The van der Waals surface area contributed by atoms with Crippen LogP contribution in [0.2, 0.25) is 0 Å². The number of nitrogens with two attached hydrogens (primary N) is 1. The van der Waals surface area contributed by atoms with E-state index in [0.29, 0.717) is 18.9 Å². The highest BCUT2D eigenvalue weighted by molar-refractivity contribution is 14.1. The second kappa shape index (κ2) is 37.3. The van der Waals surface area contributed by atoms with E-state index >= 15 is 0 Å². The third kappa shape index (κ3) is 28.4. The molecule has 3 aliphatic carbocycles. The molecule has 16 nitrogen and oxygen atoms in total. The topological polar surface area (TPSA) is 242 Å². The molecule has 3 aliphatic rings. The molecule has 0 heterocycles. The SMILES string of the molecule is CC(C)(C)OC(=O)CC(Cc1ccc(I)cc1)C(=O)N[C@@H]1CCCc2ccccc21.CC(C)(C)OC(=O)CC(Cc1ccc([B]OC(C)(C)C(C)(C)O)cc1)C(=O)N[C@@H]1CCCc2ccccc21.CC(C)(C)OC(=O)NC(Cc1ccc(I)cc1)C(=O)O.N[C@@H]1CCCc2ccccc21. The molecule has 3 amide bonds. The van der Waals surface area contributed by atoms with Gasteiger partial charge in [0.2, 0.25) is 11.8 Å². The zero-order chi connectivity index (χ0) is 72.9. The first-order chi connectivity index (χ1) is 46.4. The van der Waals surface area contributed by atoms with Crippen molar-refractivity contribution in [3.63, 3.8) is 0 Å². The Labute approximate surface area is 615 Å². The number of aliphatic carboxylic acids is 1. The number of esters is 2. The van der Waals surface area contributed by atoms with Gasteiger partial charge in [0.1, 0.15) is 22.8 Å². The molecular formula is C80H104BI2N4O12. The molecule has 0 aliphatic heterocycles. The molecule has 19 heteroatoms. The van der Waals surface area contributed by atoms with E-state index in [2.05, 4.69) is 110 Å². The standard InChI is InChI=1S/C31H43BNO5.C25H30INO3.C14H18INO4.C10H13N/c1-29(2,3)37-27(34)20-23(28(35)33-26-14-10-12-22-11-8-9-13-25(22)26)19-21-15-17-24(18-16-21)32-38-31(6,7)30(4,5)36;1-25(2,3)30-23(28)16-19(15-17-11-13-20(26)14-12-17)24(29)27-22-10-6-8-18-7-4-5-9-21(18)22;1-14(2,3)20-13(19)16-11(12(17)18)8-9-4-6-10(15)7-5-9;11-10-7-3-5-8-4-1-2-6-9(8)10/h8-9,11,13,15-18,23,26,36H,10,12,14,19-20H2,1-7H3,(H,33,35);4-5,7,9,11-14,19,22H,6,8,10,15-16H2,1-3H3,(H,27,29);4-7,11H,8H2,1-3H3,(H,16,19)(H,17,18);1-2,4,6,10H,3,5,7,11H2/t23?,26-;19?,22-;;10-/m11.1/s1. The lowest BCUT2D eigenvalue weighted by Crippen LogP contribution is -2.49. The second-order valence-corrected chi connectivity index (χ2v) is 32.4. The van der Waals surface area contributed by atoms with Crippen LogP contribution in [0.25, 0.3) is 0 Å². The third-order valence-electron chi connectivity index (χ3n) is 17.4. The molecule has 0 spiro atoms. The molecule has 6 aromatic carbocycles. The van der Waals surface area contributed by atoms with Gasteiger partial charge in [0.05, 0.1) is 48.0 Å². The maximum absolute atomic E-state index is 13.5. The normalized spacial score (nSPS) is 16.7. The smallest absolute Gasteiger partial charge is 0.408 e. The van der Waals surface area contributed by atoms with E-state index in [-0.39, 0.29) is 55.1 Å². The molecular weight excluding hydrogens is 1470 g/mol. The van der Waals surface area contributed by atoms with Crippen LogP contribution in [0.3, 0.4) is 0 Å². The van der Waals surface area contributed by atoms with Gasteiger partial charge in [0, 0.05) is 19.6 Å². The molecule has 9 rings (SSSR count). The van der Waals surface area contributed by atoms with E-state index in [0.717, 1.165) is 79.8 Å². The molecule has 99 heavy (non-hydrogen) atoms. The first-order valence-corrected chi connectivity index (χ1v) is 36.6. The van der Waals surface area contributed by atoms with Crippen molar-refractivity contribution in [3.8, 4) is 0 Å². The fourth-order valence-electron chi connectivity index (χ4n) is 11.6. The zero-order valence-electron chi connectivity index (χ0n) is 60.1. The molecule has 0 bridgehead atoms. The van der Waals surface area contributed by atoms with E-state index in [1.807, 2.05) is 152 Å². The number of ether oxygens (including phenoxy) is 3. The van der Waals surface area contributed by atoms with E-state index < -0.39 is 57.9 Å². The molecule has 6 atom stereocenters. The number of benzene rings is 6. The largest absolute Gasteiger partial charge is 0.480 e. The van der Waals surface area contributed by atoms with Gasteiger partial charge in [-0.3, -0.25) is 19.2 Å². The minimum atomic E-state index is -1.09. The minimum absolute atomic E-state index is 0.000285. The number of nitrogens with one attached hydrogen (secondary N) is 3. The summed E-state index contributed by atoms with van der Waals surface area (Å²) in [6, 6.07) is 47.5. The van der Waals surface area contributed by atoms with Gasteiger partial charge in [0.15, 0.2) is 0 Å². The summed E-state index contributed by atoms with van der Waals surface area (Å²) in [6.45, 7) is 23.3. The van der Waals surface area contributed by atoms with Crippen LogP contribution in [-0.2, 0) is 81.4 Å². The number of aryl methyl sites for hydroxylation is 3. The number of halogens is 2. The number of carbonyl (C=O) groups excluding carboxylic acids is 5. The van der Waals surface area contributed by atoms with Crippen LogP contribution < -0.4 is 27.1 Å². The Morgan fingerprint density at radius 3 is 1.25 bits per heavy atom. The summed E-state index contributed by atoms with van der Waals surface area (Å²) < 4.78 is 24.2. The molecule has 0 saturated carbocycles. The average Bonchev–Trinajstić information content (AvgIpc) is 0.836. The van der Waals surface area contributed by atoms with Crippen molar-refractivity contribution in [3.05, 3.63) is 203 Å². The van der Waals surface area contributed by atoms with Gasteiger partial charge in [0.25, 0.3) is 0 Å². The van der Waals surface area contributed by atoms with Gasteiger partial charge >= 0.3 is 31.5 Å². The van der Waals surface area contributed by atoms with Gasteiger partial charge in [-0.15, -0.1) is 0 Å². The van der Waals surface area contributed by atoms with Crippen LogP contribution in [0.15, 0.2) is 146 Å². The molecule has 0 saturated heterocycles. The number of aliphatic hydroxyl groups is 1. The Kier molecular flexibility index (Phi) is 30.7. The van der Waals surface area contributed by atoms with Crippen LogP contribution in [0.5, 0.6) is 0 Å². The van der Waals surface area contributed by atoms with Crippen LogP contribution in [-0.4, -0.2) is 87.6 Å². The Bertz CT molecular complexity index is 3610. The third-order valence-corrected chi connectivity index (χ3v) is 18.8. The zero-order valence-corrected chi connectivity index (χ0v) is 64.4. The summed E-state index contributed by atoms with van der Waals surface area (Å²) in [5.41, 5.74) is 13.8. The van der Waals surface area contributed by atoms with Gasteiger partial charge < -0.3 is 50.8 Å². The first kappa shape index (κ1) is 81.3. The summed E-state index contributed by atoms with van der Waals surface area (Å²) in [5.74, 6) is -3.04. The van der Waals surface area contributed by atoms with Crippen molar-refractivity contribution >= 4 is 93.9 Å². The Morgan fingerprint density at radius 2 is 0.869 bits per heavy atom. The summed E-state index contributed by atoms with van der Waals surface area (Å²) >= 11 is 4.43. The highest BCUT2D eigenvalue weighted by Crippen LogP contribution is 2.33. The van der Waals surface area contributed by atoms with Crippen LogP contribution in [0, 0.1) is 19.0 Å². The summed E-state index contributed by atoms with van der Waals surface area (Å²) in [7, 11) is 1.63. The lowest BCUT2D eigenvalue weighted by Gasteiger charge is -2.37. The van der Waals surface area contributed by atoms with Crippen molar-refractivity contribution in [2.45, 2.75) is 232 Å². The van der Waals surface area contributed by atoms with Gasteiger partial charge in [-0.25, -0.2) is 9.59 Å². The number of alkyl carbamates (subject to hydrolysis) is 1. The minimum Gasteiger partial charge on any atom is -0.480 e. The molecule has 533 valence electrons. The van der Waals surface area contributed by atoms with Crippen molar-refractivity contribution in [2.75, 3.05) is 0 Å². The first-order valence-electron chi connectivity index (χ1n) is 34.5. The molecule has 3 unspecified atom stereocenters. The fourth-order valence-corrected chi connectivity index (χ4v) is 12.4. The quantitative estimate of drug-likeness (QED) is 0.0181. The highest BCUT2D eigenvalue weighted by atomic mass is 127. The van der Waals surface area contributed by atoms with Gasteiger partial charge in [-0.2, -0.15) is 0 Å². The number of amides is 3. The summed E-state index contributed by atoms with van der Waals surface area (Å²) in [5, 5.41) is 28.3. The van der Waals surface area contributed by atoms with Crippen molar-refractivity contribution in [1.82, 2.24) is 16.0 Å². The summed E-state index contributed by atoms with van der Waals surface area (Å²) in [4.78, 5) is 74.9. The number of fused-ring (bicyclic) bond motifs is 3. The number of rotatable bonds is 20. The lowest BCUT2D eigenvalue weighted by atomic mass is 9.82. The number of carboxylic acid groups (broad SMARTS) is 1. The Morgan fingerprint density at radius 1 is 0.505 bits per heavy atom. The Balaban J connectivity index is 0.000000224. The van der Waals surface area contributed by atoms with E-state index in [1.165, 1.54) is 40.7 Å². The van der Waals surface area contributed by atoms with Crippen LogP contribution in [0.1, 0.15) is 210 Å². The Hall–Kier alpha value is -6.66. The summed E-state index contributed by atoms with van der Waals surface area (Å²) in [6.07, 6.45) is 10.0. The van der Waals surface area contributed by atoms with E-state index in [9.17, 15) is 33.9 Å². The molecule has 0 aromatic heterocycles. The van der Waals surface area contributed by atoms with Crippen molar-refractivity contribution < 1.29 is 57.8 Å². The molecule has 0 fully saturated rings. The van der Waals surface area contributed by atoms with E-state index in [1.54, 1.807) is 42.1 Å². The van der Waals surface area contributed by atoms with Crippen molar-refractivity contribution in [1.29, 1.82) is 0 Å². The molecule has 6 aromatic rings. The highest BCUT2D eigenvalue weighted by Gasteiger charge is 2.36. The van der Waals surface area contributed by atoms with E-state index in [4.69, 9.17) is 29.7 Å². The maximum Gasteiger partial charge on any atom is 0.408 e. The lowest BCUT2D eigenvalue weighted by molar-refractivity contribution is -0.158. The number of hydrogen-bond acceptors (Lipinski definition) is 12.